The molecule has 4 bridgehead atoms. The zero-order chi connectivity index (χ0) is 23.4. The minimum absolute atomic E-state index is 0.00916. The van der Waals surface area contributed by atoms with Crippen LogP contribution in [0.1, 0.15) is 43.2 Å². The quantitative estimate of drug-likeness (QED) is 0.671. The number of allylic oxidation sites excluding steroid dienone is 1. The molecule has 0 N–H and O–H groups in total. The monoisotopic (exact) mass is 463 g/mol. The number of alkyl halides is 3. The number of carbonyl (C=O) groups is 1. The van der Waals surface area contributed by atoms with Crippen molar-refractivity contribution in [2.24, 2.45) is 11.3 Å². The lowest BCUT2D eigenvalue weighted by Gasteiger charge is -2.69. The van der Waals surface area contributed by atoms with E-state index in [1.807, 2.05) is 18.2 Å². The maximum atomic E-state index is 13.4. The molecule has 0 amide bonds. The van der Waals surface area contributed by atoms with Gasteiger partial charge in [-0.05, 0) is 44.1 Å². The number of piperidine rings is 1. The van der Waals surface area contributed by atoms with E-state index in [4.69, 9.17) is 14.2 Å². The summed E-state index contributed by atoms with van der Waals surface area (Å²) in [6.45, 7) is 0.836. The highest BCUT2D eigenvalue weighted by atomic mass is 19.4. The van der Waals surface area contributed by atoms with E-state index in [1.165, 1.54) is 7.11 Å². The number of likely N-dealkylation sites (N-methyl/N-ethyl adjacent to an activating group) is 1. The Kier molecular flexibility index (Phi) is 4.18. The lowest BCUT2D eigenvalue weighted by Crippen LogP contribution is -2.75. The predicted molar refractivity (Wildman–Crippen MR) is 113 cm³/mol. The highest BCUT2D eigenvalue weighted by Gasteiger charge is 2.80. The van der Waals surface area contributed by atoms with Crippen LogP contribution in [0.5, 0.6) is 11.5 Å². The van der Waals surface area contributed by atoms with Gasteiger partial charge < -0.3 is 19.1 Å². The largest absolute Gasteiger partial charge is 0.493 e. The lowest BCUT2D eigenvalue weighted by molar-refractivity contribution is -0.373. The highest BCUT2D eigenvalue weighted by molar-refractivity contribution is 5.96. The van der Waals surface area contributed by atoms with E-state index in [9.17, 15) is 18.0 Å². The van der Waals surface area contributed by atoms with Crippen molar-refractivity contribution in [3.05, 3.63) is 35.1 Å². The molecule has 178 valence electrons. The summed E-state index contributed by atoms with van der Waals surface area (Å²) in [6, 6.07) is 4.10. The zero-order valence-corrected chi connectivity index (χ0v) is 19.1. The third kappa shape index (κ3) is 2.61. The fourth-order valence-electron chi connectivity index (χ4n) is 7.43. The van der Waals surface area contributed by atoms with E-state index in [-0.39, 0.29) is 37.0 Å². The third-order valence-electron chi connectivity index (χ3n) is 9.09. The summed E-state index contributed by atoms with van der Waals surface area (Å²) < 4.78 is 57.9. The van der Waals surface area contributed by atoms with Crippen LogP contribution >= 0.6 is 0 Å². The Morgan fingerprint density at radius 3 is 2.48 bits per heavy atom. The number of ether oxygens (including phenoxy) is 3. The van der Waals surface area contributed by atoms with Gasteiger partial charge in [-0.25, -0.2) is 0 Å². The van der Waals surface area contributed by atoms with Crippen LogP contribution in [0.25, 0.3) is 0 Å². The highest BCUT2D eigenvalue weighted by Crippen LogP contribution is 2.75. The SMILES string of the molecule is COC1=CC2C3Cc4ccc(OC)c(OC56CC(C(F)(F)F)(C5)C6)c4[C@]2(CCN3C)CC1=O. The van der Waals surface area contributed by atoms with Gasteiger partial charge in [0.05, 0.1) is 19.6 Å². The molecule has 0 spiro atoms. The molecule has 7 rings (SSSR count). The topological polar surface area (TPSA) is 48.0 Å². The molecule has 1 heterocycles. The second kappa shape index (κ2) is 6.46. The van der Waals surface area contributed by atoms with Crippen LogP contribution < -0.4 is 9.47 Å². The van der Waals surface area contributed by atoms with Crippen molar-refractivity contribution < 1.29 is 32.2 Å². The van der Waals surface area contributed by atoms with Crippen LogP contribution in [0, 0.1) is 11.3 Å². The first-order valence-corrected chi connectivity index (χ1v) is 11.5. The van der Waals surface area contributed by atoms with Crippen LogP contribution in [0.4, 0.5) is 13.2 Å². The van der Waals surface area contributed by atoms with E-state index in [0.29, 0.717) is 23.7 Å². The van der Waals surface area contributed by atoms with E-state index < -0.39 is 22.6 Å². The molecule has 0 radical (unpaired) electrons. The molecule has 5 aliphatic carbocycles. The van der Waals surface area contributed by atoms with Crippen molar-refractivity contribution in [3.8, 4) is 11.5 Å². The number of carbonyl (C=O) groups excluding carboxylic acids is 1. The number of likely N-dealkylation sites (tertiary alicyclic amines) is 1. The van der Waals surface area contributed by atoms with Crippen molar-refractivity contribution in [2.75, 3.05) is 27.8 Å². The molecule has 3 atom stereocenters. The van der Waals surface area contributed by atoms with Crippen molar-refractivity contribution in [2.45, 2.75) is 61.8 Å². The van der Waals surface area contributed by atoms with E-state index in [0.717, 1.165) is 30.5 Å². The summed E-state index contributed by atoms with van der Waals surface area (Å²) in [7, 11) is 5.18. The van der Waals surface area contributed by atoms with Crippen LogP contribution in [-0.4, -0.2) is 56.3 Å². The number of halogens is 3. The molecule has 2 unspecified atom stereocenters. The molecule has 6 aliphatic rings. The van der Waals surface area contributed by atoms with Crippen LogP contribution in [-0.2, 0) is 21.4 Å². The maximum Gasteiger partial charge on any atom is 0.394 e. The number of rotatable bonds is 4. The average molecular weight is 463 g/mol. The van der Waals surface area contributed by atoms with Crippen LogP contribution in [0.2, 0.25) is 0 Å². The predicted octanol–water partition coefficient (Wildman–Crippen LogP) is 4.18. The summed E-state index contributed by atoms with van der Waals surface area (Å²) in [6.07, 6.45) is -0.407. The molecule has 1 saturated heterocycles. The second-order valence-electron chi connectivity index (χ2n) is 10.7. The molecule has 1 aliphatic heterocycles. The van der Waals surface area contributed by atoms with Crippen LogP contribution in [0.3, 0.4) is 0 Å². The smallest absolute Gasteiger partial charge is 0.394 e. The van der Waals surface area contributed by atoms with Gasteiger partial charge in [0, 0.05) is 48.6 Å². The van der Waals surface area contributed by atoms with Gasteiger partial charge >= 0.3 is 6.18 Å². The number of ketones is 1. The number of Topliss-reactive ketones (excluding diaryl/α,β-unsaturated/α-hetero) is 1. The Hall–Kier alpha value is -2.22. The molecule has 33 heavy (non-hydrogen) atoms. The summed E-state index contributed by atoms with van der Waals surface area (Å²) in [4.78, 5) is 15.4. The minimum atomic E-state index is -4.19. The summed E-state index contributed by atoms with van der Waals surface area (Å²) in [5.41, 5.74) is -0.803. The first-order valence-electron chi connectivity index (χ1n) is 11.5. The Balaban J connectivity index is 1.46. The number of hydrogen-bond donors (Lipinski definition) is 0. The zero-order valence-electron chi connectivity index (χ0n) is 19.1. The number of methoxy groups -OCH3 is 2. The fraction of sp³-hybridized carbons (Fsp3) is 0.640. The summed E-state index contributed by atoms with van der Waals surface area (Å²) in [5, 5.41) is 0. The Morgan fingerprint density at radius 1 is 1.12 bits per heavy atom. The molecule has 1 aromatic carbocycles. The second-order valence-corrected chi connectivity index (χ2v) is 10.7. The number of benzene rings is 1. The van der Waals surface area contributed by atoms with E-state index >= 15 is 0 Å². The standard InChI is InChI=1S/C25H28F3NO4/c1-29-7-6-24-10-17(30)19(32-3)9-15(24)16(29)8-14-4-5-18(31-2)21(20(14)24)33-23-11-22(12-23,13-23)25(26,27)28/h4-5,9,15-16H,6-8,10-13H2,1-3H3/t15?,16?,22?,23?,24-/m1/s1. The molecule has 1 aromatic rings. The van der Waals surface area contributed by atoms with Crippen molar-refractivity contribution in [1.82, 2.24) is 4.90 Å². The normalized spacial score (nSPS) is 38.8. The van der Waals surface area contributed by atoms with Gasteiger partial charge in [-0.15, -0.1) is 0 Å². The van der Waals surface area contributed by atoms with Gasteiger partial charge in [0.1, 0.15) is 5.60 Å². The van der Waals surface area contributed by atoms with E-state index in [2.05, 4.69) is 11.9 Å². The number of nitrogens with zero attached hydrogens (tertiary/aromatic N) is 1. The fourth-order valence-corrected chi connectivity index (χ4v) is 7.43. The Bertz CT molecular complexity index is 1060. The molecule has 4 fully saturated rings. The van der Waals surface area contributed by atoms with Crippen molar-refractivity contribution in [3.63, 3.8) is 0 Å². The van der Waals surface area contributed by atoms with Gasteiger partial charge in [-0.1, -0.05) is 6.07 Å². The lowest BCUT2D eigenvalue weighted by atomic mass is 9.40. The summed E-state index contributed by atoms with van der Waals surface area (Å²) in [5.74, 6) is 1.48. The van der Waals surface area contributed by atoms with Gasteiger partial charge in [-0.2, -0.15) is 13.2 Å². The van der Waals surface area contributed by atoms with Gasteiger partial charge in [0.2, 0.25) is 0 Å². The number of fused-ring (bicyclic) bond motifs is 1. The minimum Gasteiger partial charge on any atom is -0.493 e. The first kappa shape index (κ1) is 21.3. The Labute approximate surface area is 190 Å². The molecule has 3 saturated carbocycles. The Morgan fingerprint density at radius 2 is 1.85 bits per heavy atom. The number of hydrogen-bond acceptors (Lipinski definition) is 5. The van der Waals surface area contributed by atoms with Gasteiger partial charge in [-0.3, -0.25) is 4.79 Å². The molecule has 8 heteroatoms. The summed E-state index contributed by atoms with van der Waals surface area (Å²) >= 11 is 0. The van der Waals surface area contributed by atoms with Crippen molar-refractivity contribution >= 4 is 5.78 Å². The molecular weight excluding hydrogens is 435 g/mol. The molecule has 5 nitrogen and oxygen atoms in total. The van der Waals surface area contributed by atoms with Gasteiger partial charge in [0.25, 0.3) is 0 Å². The molecular formula is C25H28F3NO4. The average Bonchev–Trinajstić information content (AvgIpc) is 2.70. The van der Waals surface area contributed by atoms with Crippen molar-refractivity contribution in [1.29, 1.82) is 0 Å². The van der Waals surface area contributed by atoms with Crippen LogP contribution in [0.15, 0.2) is 24.0 Å². The van der Waals surface area contributed by atoms with Gasteiger partial charge in [0.15, 0.2) is 23.0 Å². The third-order valence-corrected chi connectivity index (χ3v) is 9.09. The maximum absolute atomic E-state index is 13.4. The van der Waals surface area contributed by atoms with E-state index in [1.54, 1.807) is 7.11 Å². The first-order chi connectivity index (χ1) is 15.6. The molecule has 0 aromatic heterocycles.